The lowest BCUT2D eigenvalue weighted by molar-refractivity contribution is 0.151. The summed E-state index contributed by atoms with van der Waals surface area (Å²) in [6.45, 7) is 4.69. The zero-order valence-electron chi connectivity index (χ0n) is 12.7. The molecule has 118 valence electrons. The van der Waals surface area contributed by atoms with Crippen LogP contribution in [0.25, 0.3) is 10.9 Å². The summed E-state index contributed by atoms with van der Waals surface area (Å²) in [6.07, 6.45) is 2.31. The number of piperidine rings is 1. The second-order valence-corrected chi connectivity index (χ2v) is 6.61. The Labute approximate surface area is 134 Å². The van der Waals surface area contributed by atoms with Crippen molar-refractivity contribution in [3.63, 3.8) is 0 Å². The van der Waals surface area contributed by atoms with E-state index in [0.29, 0.717) is 34.2 Å². The fraction of sp³-hybridized carbons (Fsp3) is 0.500. The summed E-state index contributed by atoms with van der Waals surface area (Å²) in [7, 11) is 0. The van der Waals surface area contributed by atoms with Gasteiger partial charge in [-0.05, 0) is 50.4 Å². The monoisotopic (exact) mass is 320 g/mol. The number of nitrogens with two attached hydrogens (primary N) is 1. The van der Waals surface area contributed by atoms with Gasteiger partial charge in [-0.15, -0.1) is 0 Å². The first-order valence-corrected chi connectivity index (χ1v) is 8.07. The highest BCUT2D eigenvalue weighted by Crippen LogP contribution is 2.20. The maximum absolute atomic E-state index is 12.2. The standard InChI is InChI=1S/C16H21ClN4O/c1-10(18)11-3-2-6-21(8-11)9-15-19-14-5-4-12(17)7-13(14)16(22)20-15/h4-5,7,10-11H,2-3,6,8-9,18H2,1H3,(H,19,20,22). The van der Waals surface area contributed by atoms with E-state index in [4.69, 9.17) is 17.3 Å². The molecule has 1 aromatic heterocycles. The van der Waals surface area contributed by atoms with Crippen molar-refractivity contribution in [3.8, 4) is 0 Å². The first-order chi connectivity index (χ1) is 10.5. The highest BCUT2D eigenvalue weighted by molar-refractivity contribution is 6.31. The van der Waals surface area contributed by atoms with Crippen molar-refractivity contribution < 1.29 is 0 Å². The van der Waals surface area contributed by atoms with Crippen molar-refractivity contribution >= 4 is 22.5 Å². The average molecular weight is 321 g/mol. The minimum absolute atomic E-state index is 0.136. The minimum Gasteiger partial charge on any atom is -0.328 e. The van der Waals surface area contributed by atoms with Gasteiger partial charge in [-0.1, -0.05) is 11.6 Å². The zero-order valence-corrected chi connectivity index (χ0v) is 13.4. The van der Waals surface area contributed by atoms with E-state index in [1.54, 1.807) is 18.2 Å². The quantitative estimate of drug-likeness (QED) is 0.908. The molecule has 0 aliphatic carbocycles. The third-order valence-corrected chi connectivity index (χ3v) is 4.61. The predicted octanol–water partition coefficient (Wildman–Crippen LogP) is 2.14. The molecule has 3 N–H and O–H groups in total. The third kappa shape index (κ3) is 3.32. The van der Waals surface area contributed by atoms with E-state index in [1.807, 2.05) is 0 Å². The second kappa shape index (κ2) is 6.36. The minimum atomic E-state index is -0.136. The fourth-order valence-electron chi connectivity index (χ4n) is 3.11. The maximum Gasteiger partial charge on any atom is 0.258 e. The molecular weight excluding hydrogens is 300 g/mol. The van der Waals surface area contributed by atoms with Gasteiger partial charge < -0.3 is 10.7 Å². The number of fused-ring (bicyclic) bond motifs is 1. The van der Waals surface area contributed by atoms with Crippen LogP contribution in [0.5, 0.6) is 0 Å². The molecule has 0 bridgehead atoms. The van der Waals surface area contributed by atoms with E-state index in [1.165, 1.54) is 6.42 Å². The number of hydrogen-bond donors (Lipinski definition) is 2. The number of nitrogens with zero attached hydrogens (tertiary/aromatic N) is 2. The Kier molecular flexibility index (Phi) is 4.47. The molecule has 1 saturated heterocycles. The molecule has 0 spiro atoms. The fourth-order valence-corrected chi connectivity index (χ4v) is 3.28. The van der Waals surface area contributed by atoms with Gasteiger partial charge in [0.15, 0.2) is 0 Å². The number of aromatic nitrogens is 2. The highest BCUT2D eigenvalue weighted by Gasteiger charge is 2.23. The molecule has 5 nitrogen and oxygen atoms in total. The summed E-state index contributed by atoms with van der Waals surface area (Å²) in [5, 5.41) is 1.08. The smallest absolute Gasteiger partial charge is 0.258 e. The zero-order chi connectivity index (χ0) is 15.7. The molecule has 1 aliphatic rings. The topological polar surface area (TPSA) is 75.0 Å². The first-order valence-electron chi connectivity index (χ1n) is 7.69. The molecule has 1 fully saturated rings. The molecule has 6 heteroatoms. The van der Waals surface area contributed by atoms with Gasteiger partial charge in [-0.2, -0.15) is 0 Å². The predicted molar refractivity (Wildman–Crippen MR) is 89.0 cm³/mol. The van der Waals surface area contributed by atoms with Crippen LogP contribution in [-0.2, 0) is 6.54 Å². The first kappa shape index (κ1) is 15.5. The van der Waals surface area contributed by atoms with Crippen LogP contribution in [0.15, 0.2) is 23.0 Å². The average Bonchev–Trinajstić information content (AvgIpc) is 2.48. The lowest BCUT2D eigenvalue weighted by Gasteiger charge is -2.34. The maximum atomic E-state index is 12.2. The number of hydrogen-bond acceptors (Lipinski definition) is 4. The Morgan fingerprint density at radius 2 is 2.36 bits per heavy atom. The second-order valence-electron chi connectivity index (χ2n) is 6.17. The molecule has 2 heterocycles. The molecule has 2 unspecified atom stereocenters. The Hall–Kier alpha value is -1.43. The molecule has 2 atom stereocenters. The SMILES string of the molecule is CC(N)C1CCCN(Cc2nc3ccc(Cl)cc3c(=O)[nH]2)C1. The van der Waals surface area contributed by atoms with Crippen LogP contribution < -0.4 is 11.3 Å². The van der Waals surface area contributed by atoms with Crippen molar-refractivity contribution in [1.29, 1.82) is 0 Å². The summed E-state index contributed by atoms with van der Waals surface area (Å²) in [6, 6.07) is 5.40. The molecule has 0 saturated carbocycles. The van der Waals surface area contributed by atoms with Gasteiger partial charge in [-0.3, -0.25) is 9.69 Å². The van der Waals surface area contributed by atoms with Crippen molar-refractivity contribution in [2.75, 3.05) is 13.1 Å². The van der Waals surface area contributed by atoms with Crippen molar-refractivity contribution in [2.45, 2.75) is 32.4 Å². The van der Waals surface area contributed by atoms with Gasteiger partial charge in [0.1, 0.15) is 5.82 Å². The molecule has 0 radical (unpaired) electrons. The van der Waals surface area contributed by atoms with Crippen LogP contribution in [0, 0.1) is 5.92 Å². The van der Waals surface area contributed by atoms with Crippen molar-refractivity contribution in [3.05, 3.63) is 39.4 Å². The summed E-state index contributed by atoms with van der Waals surface area (Å²) >= 11 is 5.93. The van der Waals surface area contributed by atoms with Crippen LogP contribution in [0.4, 0.5) is 0 Å². The van der Waals surface area contributed by atoms with Gasteiger partial charge in [0.05, 0.1) is 17.4 Å². The third-order valence-electron chi connectivity index (χ3n) is 4.38. The van der Waals surface area contributed by atoms with Crippen LogP contribution in [0.1, 0.15) is 25.6 Å². The normalized spacial score (nSPS) is 21.1. The van der Waals surface area contributed by atoms with E-state index in [-0.39, 0.29) is 11.6 Å². The summed E-state index contributed by atoms with van der Waals surface area (Å²) in [5.74, 6) is 1.21. The lowest BCUT2D eigenvalue weighted by atomic mass is 9.92. The summed E-state index contributed by atoms with van der Waals surface area (Å²) < 4.78 is 0. The van der Waals surface area contributed by atoms with Crippen LogP contribution in [0.3, 0.4) is 0 Å². The van der Waals surface area contributed by atoms with E-state index in [0.717, 1.165) is 19.5 Å². The Morgan fingerprint density at radius 3 is 3.14 bits per heavy atom. The molecule has 0 amide bonds. The van der Waals surface area contributed by atoms with E-state index < -0.39 is 0 Å². The molecule has 1 aliphatic heterocycles. The van der Waals surface area contributed by atoms with Gasteiger partial charge >= 0.3 is 0 Å². The summed E-state index contributed by atoms with van der Waals surface area (Å²) in [4.78, 5) is 21.9. The van der Waals surface area contributed by atoms with Crippen LogP contribution >= 0.6 is 11.6 Å². The highest BCUT2D eigenvalue weighted by atomic mass is 35.5. The van der Waals surface area contributed by atoms with Crippen LogP contribution in [0.2, 0.25) is 5.02 Å². The Morgan fingerprint density at radius 1 is 1.55 bits per heavy atom. The Balaban J connectivity index is 1.82. The molecule has 1 aromatic carbocycles. The number of nitrogens with one attached hydrogen (secondary N) is 1. The number of likely N-dealkylation sites (tertiary alicyclic amines) is 1. The van der Waals surface area contributed by atoms with Gasteiger partial charge in [0.2, 0.25) is 0 Å². The van der Waals surface area contributed by atoms with Gasteiger partial charge in [0, 0.05) is 17.6 Å². The molecule has 22 heavy (non-hydrogen) atoms. The Bertz CT molecular complexity index is 728. The van der Waals surface area contributed by atoms with Crippen molar-refractivity contribution in [2.24, 2.45) is 11.7 Å². The molecule has 2 aromatic rings. The number of H-pyrrole nitrogens is 1. The number of rotatable bonds is 3. The van der Waals surface area contributed by atoms with E-state index in [2.05, 4.69) is 21.8 Å². The lowest BCUT2D eigenvalue weighted by Crippen LogP contribution is -2.42. The van der Waals surface area contributed by atoms with E-state index >= 15 is 0 Å². The number of halogens is 1. The summed E-state index contributed by atoms with van der Waals surface area (Å²) in [5.41, 5.74) is 6.57. The number of aromatic amines is 1. The van der Waals surface area contributed by atoms with Gasteiger partial charge in [0.25, 0.3) is 5.56 Å². The van der Waals surface area contributed by atoms with E-state index in [9.17, 15) is 4.79 Å². The van der Waals surface area contributed by atoms with Crippen molar-refractivity contribution in [1.82, 2.24) is 14.9 Å². The largest absolute Gasteiger partial charge is 0.328 e. The van der Waals surface area contributed by atoms with Gasteiger partial charge in [-0.25, -0.2) is 4.98 Å². The van der Waals surface area contributed by atoms with Crippen LogP contribution in [-0.4, -0.2) is 34.0 Å². The molecular formula is C16H21ClN4O. The number of benzene rings is 1. The molecule has 3 rings (SSSR count).